The van der Waals surface area contributed by atoms with E-state index in [4.69, 9.17) is 33.9 Å². The molecule has 1 heterocycles. The van der Waals surface area contributed by atoms with E-state index in [-0.39, 0.29) is 0 Å². The fraction of sp³-hybridized carbons (Fsp3) is 0.111. The first-order valence-electron chi connectivity index (χ1n) is 10.4. The van der Waals surface area contributed by atoms with Crippen molar-refractivity contribution in [1.82, 2.24) is 4.98 Å². The Morgan fingerprint density at radius 1 is 0.781 bits per heavy atom. The van der Waals surface area contributed by atoms with Crippen LogP contribution in [-0.2, 0) is 17.6 Å². The lowest BCUT2D eigenvalue weighted by Gasteiger charge is -2.18. The van der Waals surface area contributed by atoms with Gasteiger partial charge in [-0.25, -0.2) is 0 Å². The summed E-state index contributed by atoms with van der Waals surface area (Å²) in [6.45, 7) is 0. The zero-order valence-electron chi connectivity index (χ0n) is 17.3. The lowest BCUT2D eigenvalue weighted by Crippen LogP contribution is -2.24. The summed E-state index contributed by atoms with van der Waals surface area (Å²) in [6, 6.07) is 29.3. The number of aryl methyl sites for hydroxylation is 2. The molecule has 0 spiro atoms. The van der Waals surface area contributed by atoms with Gasteiger partial charge in [0.2, 0.25) is 5.91 Å². The second kappa shape index (κ2) is 9.99. The molecule has 4 aromatic rings. The van der Waals surface area contributed by atoms with Crippen LogP contribution in [0.15, 0.2) is 91.0 Å². The van der Waals surface area contributed by atoms with Gasteiger partial charge >= 0.3 is 0 Å². The summed E-state index contributed by atoms with van der Waals surface area (Å²) in [5.74, 6) is -1.39. The second-order valence-electron chi connectivity index (χ2n) is 7.56. The fourth-order valence-corrected chi connectivity index (χ4v) is 4.51. The summed E-state index contributed by atoms with van der Waals surface area (Å²) in [5.41, 5.74) is 11.0. The summed E-state index contributed by atoms with van der Waals surface area (Å²) in [6.07, 6.45) is 1.80. The van der Waals surface area contributed by atoms with E-state index in [1.165, 1.54) is 11.1 Å². The SMILES string of the molecule is NC(=O)C(c1cccc(-c2ccccc2CCc2ccccc2)n1)c1c(Cl)cccc1Cl. The summed E-state index contributed by atoms with van der Waals surface area (Å²) in [4.78, 5) is 17.3. The van der Waals surface area contributed by atoms with Crippen molar-refractivity contribution in [2.45, 2.75) is 18.8 Å². The van der Waals surface area contributed by atoms with Gasteiger partial charge in [0.15, 0.2) is 0 Å². The Morgan fingerprint density at radius 3 is 2.16 bits per heavy atom. The van der Waals surface area contributed by atoms with Crippen LogP contribution in [0.4, 0.5) is 0 Å². The molecule has 0 radical (unpaired) electrons. The second-order valence-corrected chi connectivity index (χ2v) is 8.38. The highest BCUT2D eigenvalue weighted by atomic mass is 35.5. The monoisotopic (exact) mass is 460 g/mol. The molecular formula is C27H22Cl2N2O. The first-order valence-corrected chi connectivity index (χ1v) is 11.1. The molecule has 1 amide bonds. The summed E-state index contributed by atoms with van der Waals surface area (Å²) in [7, 11) is 0. The van der Waals surface area contributed by atoms with E-state index in [1.807, 2.05) is 36.4 Å². The number of amides is 1. The van der Waals surface area contributed by atoms with Crippen molar-refractivity contribution in [3.05, 3.63) is 123 Å². The van der Waals surface area contributed by atoms with Gasteiger partial charge in [0.25, 0.3) is 0 Å². The highest BCUT2D eigenvalue weighted by molar-refractivity contribution is 6.36. The van der Waals surface area contributed by atoms with Crippen LogP contribution in [0, 0.1) is 0 Å². The van der Waals surface area contributed by atoms with Crippen molar-refractivity contribution in [3.8, 4) is 11.3 Å². The minimum Gasteiger partial charge on any atom is -0.369 e. The lowest BCUT2D eigenvalue weighted by atomic mass is 9.93. The third kappa shape index (κ3) is 4.85. The van der Waals surface area contributed by atoms with Crippen molar-refractivity contribution < 1.29 is 4.79 Å². The number of carbonyl (C=O) groups excluding carboxylic acids is 1. The van der Waals surface area contributed by atoms with Gasteiger partial charge in [-0.1, -0.05) is 89.9 Å². The quantitative estimate of drug-likeness (QED) is 0.344. The molecule has 3 nitrogen and oxygen atoms in total. The number of benzene rings is 3. The first kappa shape index (κ1) is 22.1. The van der Waals surface area contributed by atoms with Crippen molar-refractivity contribution in [3.63, 3.8) is 0 Å². The minimum absolute atomic E-state index is 0.386. The molecule has 0 bridgehead atoms. The van der Waals surface area contributed by atoms with Crippen molar-refractivity contribution >= 4 is 29.1 Å². The first-order chi connectivity index (χ1) is 15.5. The maximum atomic E-state index is 12.4. The zero-order chi connectivity index (χ0) is 22.5. The lowest BCUT2D eigenvalue weighted by molar-refractivity contribution is -0.118. The minimum atomic E-state index is -0.840. The van der Waals surface area contributed by atoms with Gasteiger partial charge in [-0.05, 0) is 48.2 Å². The third-order valence-electron chi connectivity index (χ3n) is 5.46. The molecule has 5 heteroatoms. The van der Waals surface area contributed by atoms with Crippen LogP contribution in [0.1, 0.15) is 28.3 Å². The number of primary amides is 1. The Bertz CT molecular complexity index is 1220. The van der Waals surface area contributed by atoms with Gasteiger partial charge in [-0.2, -0.15) is 0 Å². The Morgan fingerprint density at radius 2 is 1.44 bits per heavy atom. The average molecular weight is 461 g/mol. The van der Waals surface area contributed by atoms with Crippen molar-refractivity contribution in [1.29, 1.82) is 0 Å². The number of hydrogen-bond acceptors (Lipinski definition) is 2. The van der Waals surface area contributed by atoms with Crippen LogP contribution in [0.5, 0.6) is 0 Å². The topological polar surface area (TPSA) is 56.0 Å². The number of nitrogens with two attached hydrogens (primary N) is 1. The number of hydrogen-bond donors (Lipinski definition) is 1. The normalized spacial score (nSPS) is 11.8. The number of carbonyl (C=O) groups is 1. The number of nitrogens with zero attached hydrogens (tertiary/aromatic N) is 1. The van der Waals surface area contributed by atoms with Gasteiger partial charge in [0.1, 0.15) is 5.92 Å². The van der Waals surface area contributed by atoms with Gasteiger partial charge in [0.05, 0.1) is 11.4 Å². The van der Waals surface area contributed by atoms with Crippen LogP contribution >= 0.6 is 23.2 Å². The molecule has 32 heavy (non-hydrogen) atoms. The molecule has 0 saturated carbocycles. The largest absolute Gasteiger partial charge is 0.369 e. The molecule has 0 aliphatic rings. The van der Waals surface area contributed by atoms with E-state index in [0.29, 0.717) is 21.3 Å². The molecule has 0 aliphatic heterocycles. The molecule has 0 aliphatic carbocycles. The van der Waals surface area contributed by atoms with Crippen molar-refractivity contribution in [2.75, 3.05) is 0 Å². The van der Waals surface area contributed by atoms with Crippen LogP contribution in [0.2, 0.25) is 10.0 Å². The number of rotatable bonds is 7. The van der Waals surface area contributed by atoms with E-state index < -0.39 is 11.8 Å². The Hall–Kier alpha value is -3.14. The molecule has 0 fully saturated rings. The van der Waals surface area contributed by atoms with E-state index in [2.05, 4.69) is 30.3 Å². The highest BCUT2D eigenvalue weighted by Crippen LogP contribution is 2.36. The number of pyridine rings is 1. The average Bonchev–Trinajstić information content (AvgIpc) is 2.81. The molecule has 160 valence electrons. The predicted octanol–water partition coefficient (Wildman–Crippen LogP) is 6.46. The summed E-state index contributed by atoms with van der Waals surface area (Å²) >= 11 is 12.8. The van der Waals surface area contributed by atoms with Crippen LogP contribution in [-0.4, -0.2) is 10.9 Å². The molecule has 1 unspecified atom stereocenters. The Kier molecular flexibility index (Phi) is 6.89. The third-order valence-corrected chi connectivity index (χ3v) is 6.12. The Balaban J connectivity index is 1.71. The highest BCUT2D eigenvalue weighted by Gasteiger charge is 2.27. The molecule has 4 rings (SSSR count). The van der Waals surface area contributed by atoms with E-state index in [1.54, 1.807) is 24.3 Å². The molecule has 1 aromatic heterocycles. The fourth-order valence-electron chi connectivity index (χ4n) is 3.90. The number of halogens is 2. The molecule has 2 N–H and O–H groups in total. The smallest absolute Gasteiger partial charge is 0.231 e. The summed E-state index contributed by atoms with van der Waals surface area (Å²) < 4.78 is 0. The molecular weight excluding hydrogens is 439 g/mol. The predicted molar refractivity (Wildman–Crippen MR) is 131 cm³/mol. The molecule has 0 saturated heterocycles. The van der Waals surface area contributed by atoms with Crippen molar-refractivity contribution in [2.24, 2.45) is 5.73 Å². The van der Waals surface area contributed by atoms with Crippen LogP contribution in [0.3, 0.4) is 0 Å². The van der Waals surface area contributed by atoms with Gasteiger partial charge in [0, 0.05) is 21.2 Å². The standard InChI is InChI=1S/C27H22Cl2N2O/c28-21-12-6-13-22(29)25(21)26(27(30)32)24-15-7-14-23(31-24)20-11-5-4-10-19(20)17-16-18-8-2-1-3-9-18/h1-15,26H,16-17H2,(H2,30,32). The number of aromatic nitrogens is 1. The summed E-state index contributed by atoms with van der Waals surface area (Å²) in [5, 5.41) is 0.772. The molecule has 3 aromatic carbocycles. The van der Waals surface area contributed by atoms with Gasteiger partial charge in [-0.15, -0.1) is 0 Å². The van der Waals surface area contributed by atoms with E-state index in [9.17, 15) is 4.79 Å². The maximum Gasteiger partial charge on any atom is 0.231 e. The van der Waals surface area contributed by atoms with Crippen LogP contribution in [0.25, 0.3) is 11.3 Å². The van der Waals surface area contributed by atoms with E-state index >= 15 is 0 Å². The van der Waals surface area contributed by atoms with E-state index in [0.717, 1.165) is 24.1 Å². The Labute approximate surface area is 197 Å². The molecule has 1 atom stereocenters. The zero-order valence-corrected chi connectivity index (χ0v) is 18.9. The maximum absolute atomic E-state index is 12.4. The van der Waals surface area contributed by atoms with Gasteiger partial charge in [-0.3, -0.25) is 9.78 Å². The van der Waals surface area contributed by atoms with Crippen LogP contribution < -0.4 is 5.73 Å². The van der Waals surface area contributed by atoms with Gasteiger partial charge < -0.3 is 5.73 Å².